The van der Waals surface area contributed by atoms with E-state index < -0.39 is 12.0 Å². The summed E-state index contributed by atoms with van der Waals surface area (Å²) in [5, 5.41) is 10.3. The maximum atomic E-state index is 12.5. The smallest absolute Gasteiger partial charge is 0.290 e. The summed E-state index contributed by atoms with van der Waals surface area (Å²) in [5.41, 5.74) is 2.21. The molecular weight excluding hydrogens is 340 g/mol. The largest absolute Gasteiger partial charge is 0.390 e. The molecule has 5 nitrogen and oxygen atoms in total. The van der Waals surface area contributed by atoms with E-state index in [1.807, 2.05) is 60.7 Å². The Morgan fingerprint density at radius 3 is 2.19 bits per heavy atom. The normalized spacial score (nSPS) is 18.1. The molecule has 2 aromatic rings. The van der Waals surface area contributed by atoms with Crippen LogP contribution >= 0.6 is 0 Å². The highest BCUT2D eigenvalue weighted by Gasteiger charge is 2.27. The van der Waals surface area contributed by atoms with Crippen LogP contribution in [0.5, 0.6) is 0 Å². The first-order valence-corrected chi connectivity index (χ1v) is 9.42. The number of nitrogens with zero attached hydrogens (tertiary/aromatic N) is 2. The van der Waals surface area contributed by atoms with Crippen LogP contribution in [0.1, 0.15) is 17.5 Å². The number of carbonyl (C=O) groups excluding carboxylic acids is 2. The quantitative estimate of drug-likeness (QED) is 0.793. The minimum atomic E-state index is -0.651. The Morgan fingerprint density at radius 1 is 0.889 bits per heavy atom. The first kappa shape index (κ1) is 19.3. The molecule has 1 saturated heterocycles. The van der Waals surface area contributed by atoms with Gasteiger partial charge in [0.1, 0.15) is 0 Å². The molecule has 27 heavy (non-hydrogen) atoms. The van der Waals surface area contributed by atoms with Crippen LogP contribution in [0.4, 0.5) is 0 Å². The van der Waals surface area contributed by atoms with Crippen molar-refractivity contribution >= 4 is 11.7 Å². The highest BCUT2D eigenvalue weighted by Crippen LogP contribution is 2.11. The fraction of sp³-hybridized carbons (Fsp3) is 0.364. The molecule has 2 aromatic carbocycles. The lowest BCUT2D eigenvalue weighted by molar-refractivity contribution is -0.145. The third kappa shape index (κ3) is 5.74. The van der Waals surface area contributed by atoms with Crippen LogP contribution in [0.15, 0.2) is 60.7 Å². The number of amides is 1. The van der Waals surface area contributed by atoms with Gasteiger partial charge in [0.2, 0.25) is 5.78 Å². The monoisotopic (exact) mass is 366 g/mol. The first-order chi connectivity index (χ1) is 13.1. The first-order valence-electron chi connectivity index (χ1n) is 9.42. The molecular formula is C22H26N2O3. The van der Waals surface area contributed by atoms with E-state index in [9.17, 15) is 14.7 Å². The van der Waals surface area contributed by atoms with Crippen molar-refractivity contribution in [1.29, 1.82) is 0 Å². The number of hydrogen-bond donors (Lipinski definition) is 1. The topological polar surface area (TPSA) is 60.9 Å². The molecule has 1 heterocycles. The molecule has 1 atom stereocenters. The molecule has 142 valence electrons. The number of β-amino-alcohol motifs (C(OH)–C–C–N with tert-alkyl or cyclic N) is 1. The maximum absolute atomic E-state index is 12.5. The van der Waals surface area contributed by atoms with Crippen molar-refractivity contribution in [3.8, 4) is 0 Å². The van der Waals surface area contributed by atoms with E-state index in [1.54, 1.807) is 0 Å². The third-order valence-electron chi connectivity index (χ3n) is 4.84. The molecule has 0 spiro atoms. The Morgan fingerprint density at radius 2 is 1.52 bits per heavy atom. The molecule has 1 aliphatic rings. The van der Waals surface area contributed by atoms with Crippen molar-refractivity contribution in [2.45, 2.75) is 25.5 Å². The molecule has 0 unspecified atom stereocenters. The van der Waals surface area contributed by atoms with E-state index in [4.69, 9.17) is 0 Å². The standard InChI is InChI=1S/C22H26N2O3/c25-20-16-23(15-19-9-5-2-6-10-19)13-14-24(17-20)22(27)21(26)12-11-18-7-3-1-4-8-18/h1-10,20,25H,11-17H2/t20-/m0/s1. The zero-order valence-electron chi connectivity index (χ0n) is 15.5. The minimum absolute atomic E-state index is 0.198. The molecule has 0 bridgehead atoms. The minimum Gasteiger partial charge on any atom is -0.390 e. The highest BCUT2D eigenvalue weighted by atomic mass is 16.3. The zero-order chi connectivity index (χ0) is 19.1. The second-order valence-electron chi connectivity index (χ2n) is 7.03. The van der Waals surface area contributed by atoms with Crippen LogP contribution in [0.3, 0.4) is 0 Å². The van der Waals surface area contributed by atoms with Gasteiger partial charge in [0, 0.05) is 39.1 Å². The zero-order valence-corrected chi connectivity index (χ0v) is 15.5. The molecule has 1 amide bonds. The average Bonchev–Trinajstić information content (AvgIpc) is 2.88. The average molecular weight is 366 g/mol. The maximum Gasteiger partial charge on any atom is 0.290 e. The van der Waals surface area contributed by atoms with Gasteiger partial charge in [-0.15, -0.1) is 0 Å². The van der Waals surface area contributed by atoms with Gasteiger partial charge in [-0.3, -0.25) is 14.5 Å². The second kappa shape index (κ2) is 9.44. The molecule has 1 aliphatic heterocycles. The van der Waals surface area contributed by atoms with E-state index in [2.05, 4.69) is 4.90 Å². The Labute approximate surface area is 160 Å². The van der Waals surface area contributed by atoms with Gasteiger partial charge in [0.25, 0.3) is 5.91 Å². The summed E-state index contributed by atoms with van der Waals surface area (Å²) in [6, 6.07) is 19.7. The summed E-state index contributed by atoms with van der Waals surface area (Å²) in [6.45, 7) is 2.53. The lowest BCUT2D eigenvalue weighted by Crippen LogP contribution is -2.41. The van der Waals surface area contributed by atoms with Crippen molar-refractivity contribution in [3.05, 3.63) is 71.8 Å². The Kier molecular flexibility index (Phi) is 6.74. The molecule has 0 aromatic heterocycles. The third-order valence-corrected chi connectivity index (χ3v) is 4.84. The lowest BCUT2D eigenvalue weighted by Gasteiger charge is -2.21. The number of Topliss-reactive ketones (excluding diaryl/α,β-unsaturated/α-hetero) is 1. The molecule has 1 N–H and O–H groups in total. The SMILES string of the molecule is O=C(CCc1ccccc1)C(=O)N1CCN(Cc2ccccc2)C[C@H](O)C1. The van der Waals surface area contributed by atoms with Gasteiger partial charge < -0.3 is 10.0 Å². The molecule has 0 aliphatic carbocycles. The number of aliphatic hydroxyl groups excluding tert-OH is 1. The molecule has 5 heteroatoms. The molecule has 1 fully saturated rings. The van der Waals surface area contributed by atoms with E-state index in [0.29, 0.717) is 26.1 Å². The van der Waals surface area contributed by atoms with Gasteiger partial charge in [-0.1, -0.05) is 60.7 Å². The van der Waals surface area contributed by atoms with Crippen LogP contribution in [0, 0.1) is 0 Å². The Hall–Kier alpha value is -2.50. The van der Waals surface area contributed by atoms with Crippen molar-refractivity contribution in [2.24, 2.45) is 0 Å². The second-order valence-corrected chi connectivity index (χ2v) is 7.03. The molecule has 0 radical (unpaired) electrons. The van der Waals surface area contributed by atoms with Gasteiger partial charge >= 0.3 is 0 Å². The summed E-state index contributed by atoms with van der Waals surface area (Å²) in [6.07, 6.45) is 0.104. The van der Waals surface area contributed by atoms with Crippen molar-refractivity contribution in [1.82, 2.24) is 9.80 Å². The number of aliphatic hydroxyl groups is 1. The summed E-state index contributed by atoms with van der Waals surface area (Å²) < 4.78 is 0. The van der Waals surface area contributed by atoms with Crippen LogP contribution < -0.4 is 0 Å². The van der Waals surface area contributed by atoms with Crippen LogP contribution in [0.2, 0.25) is 0 Å². The molecule has 3 rings (SSSR count). The van der Waals surface area contributed by atoms with Crippen LogP contribution in [0.25, 0.3) is 0 Å². The number of aryl methyl sites for hydroxylation is 1. The highest BCUT2D eigenvalue weighted by molar-refractivity contribution is 6.36. The Balaban J connectivity index is 1.53. The predicted octanol–water partition coefficient (Wildman–Crippen LogP) is 1.89. The fourth-order valence-electron chi connectivity index (χ4n) is 3.41. The number of ketones is 1. The van der Waals surface area contributed by atoms with Gasteiger partial charge in [-0.2, -0.15) is 0 Å². The van der Waals surface area contributed by atoms with Gasteiger partial charge in [-0.25, -0.2) is 0 Å². The van der Waals surface area contributed by atoms with Gasteiger partial charge in [0.15, 0.2) is 0 Å². The summed E-state index contributed by atoms with van der Waals surface area (Å²) in [7, 11) is 0. The van der Waals surface area contributed by atoms with Crippen molar-refractivity contribution in [2.75, 3.05) is 26.2 Å². The molecule has 0 saturated carbocycles. The Bertz CT molecular complexity index is 749. The van der Waals surface area contributed by atoms with E-state index >= 15 is 0 Å². The van der Waals surface area contributed by atoms with Gasteiger partial charge in [-0.05, 0) is 17.5 Å². The number of hydrogen-bond acceptors (Lipinski definition) is 4. The lowest BCUT2D eigenvalue weighted by atomic mass is 10.1. The fourth-order valence-corrected chi connectivity index (χ4v) is 3.41. The van der Waals surface area contributed by atoms with E-state index in [0.717, 1.165) is 12.1 Å². The van der Waals surface area contributed by atoms with E-state index in [-0.39, 0.29) is 18.7 Å². The number of carbonyl (C=O) groups is 2. The van der Waals surface area contributed by atoms with Crippen LogP contribution in [-0.2, 0) is 22.6 Å². The number of benzene rings is 2. The van der Waals surface area contributed by atoms with Crippen molar-refractivity contribution < 1.29 is 14.7 Å². The number of rotatable bonds is 6. The predicted molar refractivity (Wildman–Crippen MR) is 104 cm³/mol. The van der Waals surface area contributed by atoms with Gasteiger partial charge in [0.05, 0.1) is 6.10 Å². The van der Waals surface area contributed by atoms with Crippen molar-refractivity contribution in [3.63, 3.8) is 0 Å². The van der Waals surface area contributed by atoms with Crippen LogP contribution in [-0.4, -0.2) is 58.9 Å². The summed E-state index contributed by atoms with van der Waals surface area (Å²) in [5.74, 6) is -0.867. The summed E-state index contributed by atoms with van der Waals surface area (Å²) in [4.78, 5) is 28.5. The van der Waals surface area contributed by atoms with E-state index in [1.165, 1.54) is 10.5 Å². The summed E-state index contributed by atoms with van der Waals surface area (Å²) >= 11 is 0.